The smallest absolute Gasteiger partial charge is 0.224 e. The molecule has 2 heterocycles. The highest BCUT2D eigenvalue weighted by Crippen LogP contribution is 2.23. The number of nitrogens with zero attached hydrogens (tertiary/aromatic N) is 3. The zero-order valence-electron chi connectivity index (χ0n) is 10.6. The van der Waals surface area contributed by atoms with Crippen molar-refractivity contribution in [2.75, 3.05) is 17.2 Å². The van der Waals surface area contributed by atoms with E-state index in [1.807, 2.05) is 24.6 Å². The zero-order valence-corrected chi connectivity index (χ0v) is 11.4. The lowest BCUT2D eigenvalue weighted by Crippen LogP contribution is -2.11. The zero-order chi connectivity index (χ0) is 12.8. The second-order valence-electron chi connectivity index (χ2n) is 3.77. The molecule has 2 rings (SSSR count). The van der Waals surface area contributed by atoms with Gasteiger partial charge in [-0.15, -0.1) is 11.3 Å². The average molecular weight is 263 g/mol. The van der Waals surface area contributed by atoms with Crippen LogP contribution >= 0.6 is 11.3 Å². The average Bonchev–Trinajstić information content (AvgIpc) is 2.90. The Morgan fingerprint density at radius 3 is 2.83 bits per heavy atom. The molecule has 0 spiro atoms. The van der Waals surface area contributed by atoms with Crippen molar-refractivity contribution in [1.29, 1.82) is 0 Å². The van der Waals surface area contributed by atoms with Gasteiger partial charge in [-0.1, -0.05) is 6.92 Å². The van der Waals surface area contributed by atoms with Crippen molar-refractivity contribution < 1.29 is 0 Å². The summed E-state index contributed by atoms with van der Waals surface area (Å²) in [6.45, 7) is 4.96. The topological polar surface area (TPSA) is 62.7 Å². The quantitative estimate of drug-likeness (QED) is 0.839. The molecule has 5 nitrogen and oxygen atoms in total. The first-order valence-corrected chi connectivity index (χ1v) is 6.94. The lowest BCUT2D eigenvalue weighted by atomic mass is 10.2. The minimum Gasteiger partial charge on any atom is -0.361 e. The number of nitrogens with one attached hydrogen (secondary N) is 2. The van der Waals surface area contributed by atoms with Crippen LogP contribution < -0.4 is 10.6 Å². The number of thiazole rings is 1. The maximum atomic E-state index is 4.40. The predicted molar refractivity (Wildman–Crippen MR) is 75.0 cm³/mol. The number of rotatable bonds is 6. The molecule has 96 valence electrons. The Morgan fingerprint density at radius 2 is 2.17 bits per heavy atom. The van der Waals surface area contributed by atoms with Crippen molar-refractivity contribution in [3.05, 3.63) is 28.8 Å². The molecule has 0 saturated carbocycles. The SMILES string of the molecule is CCNc1nccc(NC(CC)c2nccs2)n1. The fourth-order valence-corrected chi connectivity index (χ4v) is 2.38. The van der Waals surface area contributed by atoms with Gasteiger partial charge in [0.25, 0.3) is 0 Å². The van der Waals surface area contributed by atoms with E-state index in [1.54, 1.807) is 17.5 Å². The summed E-state index contributed by atoms with van der Waals surface area (Å²) in [5.41, 5.74) is 0. The van der Waals surface area contributed by atoms with Crippen molar-refractivity contribution in [1.82, 2.24) is 15.0 Å². The van der Waals surface area contributed by atoms with Gasteiger partial charge in [0.05, 0.1) is 6.04 Å². The molecule has 2 aromatic heterocycles. The Balaban J connectivity index is 2.09. The number of anilines is 2. The first-order valence-electron chi connectivity index (χ1n) is 6.06. The first-order chi connectivity index (χ1) is 8.83. The van der Waals surface area contributed by atoms with Gasteiger partial charge in [-0.25, -0.2) is 9.97 Å². The third-order valence-corrected chi connectivity index (χ3v) is 3.36. The molecule has 2 N–H and O–H groups in total. The standard InChI is InChI=1S/C12H17N5S/c1-3-9(11-14-7-8-18-11)16-10-5-6-15-12(17-10)13-4-2/h5-9H,3-4H2,1-2H3,(H2,13,15,16,17). The molecule has 1 unspecified atom stereocenters. The summed E-state index contributed by atoms with van der Waals surface area (Å²) < 4.78 is 0. The highest BCUT2D eigenvalue weighted by molar-refractivity contribution is 7.09. The van der Waals surface area contributed by atoms with Crippen LogP contribution in [0, 0.1) is 0 Å². The molecule has 0 aliphatic rings. The van der Waals surface area contributed by atoms with Gasteiger partial charge in [0.2, 0.25) is 5.95 Å². The fraction of sp³-hybridized carbons (Fsp3) is 0.417. The van der Waals surface area contributed by atoms with Gasteiger partial charge in [0, 0.05) is 24.3 Å². The van der Waals surface area contributed by atoms with Gasteiger partial charge in [0.1, 0.15) is 10.8 Å². The maximum Gasteiger partial charge on any atom is 0.224 e. The fourth-order valence-electron chi connectivity index (χ4n) is 1.61. The molecule has 0 aromatic carbocycles. The van der Waals surface area contributed by atoms with Crippen LogP contribution in [0.3, 0.4) is 0 Å². The second kappa shape index (κ2) is 6.30. The molecular formula is C12H17N5S. The molecule has 0 radical (unpaired) electrons. The van der Waals surface area contributed by atoms with Crippen LogP contribution in [0.2, 0.25) is 0 Å². The van der Waals surface area contributed by atoms with Gasteiger partial charge in [-0.2, -0.15) is 4.98 Å². The van der Waals surface area contributed by atoms with E-state index in [4.69, 9.17) is 0 Å². The molecule has 0 aliphatic carbocycles. The predicted octanol–water partition coefficient (Wildman–Crippen LogP) is 2.93. The Hall–Kier alpha value is -1.69. The Morgan fingerprint density at radius 1 is 1.28 bits per heavy atom. The lowest BCUT2D eigenvalue weighted by Gasteiger charge is -2.15. The third kappa shape index (κ3) is 3.16. The number of aromatic nitrogens is 3. The molecule has 18 heavy (non-hydrogen) atoms. The molecule has 6 heteroatoms. The molecule has 0 fully saturated rings. The largest absolute Gasteiger partial charge is 0.361 e. The normalized spacial score (nSPS) is 12.1. The van der Waals surface area contributed by atoms with Crippen LogP contribution in [0.1, 0.15) is 31.3 Å². The molecule has 1 atom stereocenters. The molecule has 0 saturated heterocycles. The van der Waals surface area contributed by atoms with E-state index >= 15 is 0 Å². The molecule has 2 aromatic rings. The highest BCUT2D eigenvalue weighted by Gasteiger charge is 2.12. The summed E-state index contributed by atoms with van der Waals surface area (Å²) in [5, 5.41) is 9.56. The van der Waals surface area contributed by atoms with E-state index in [-0.39, 0.29) is 6.04 Å². The van der Waals surface area contributed by atoms with Crippen LogP contribution in [-0.4, -0.2) is 21.5 Å². The Labute approximate surface area is 111 Å². The van der Waals surface area contributed by atoms with Gasteiger partial charge in [-0.05, 0) is 19.4 Å². The van der Waals surface area contributed by atoms with Crippen molar-refractivity contribution >= 4 is 23.1 Å². The van der Waals surface area contributed by atoms with Crippen molar-refractivity contribution in [2.24, 2.45) is 0 Å². The van der Waals surface area contributed by atoms with Crippen LogP contribution in [0.15, 0.2) is 23.8 Å². The van der Waals surface area contributed by atoms with Gasteiger partial charge >= 0.3 is 0 Å². The van der Waals surface area contributed by atoms with Crippen molar-refractivity contribution in [2.45, 2.75) is 26.3 Å². The van der Waals surface area contributed by atoms with Crippen molar-refractivity contribution in [3.8, 4) is 0 Å². The van der Waals surface area contributed by atoms with E-state index < -0.39 is 0 Å². The minimum absolute atomic E-state index is 0.203. The van der Waals surface area contributed by atoms with Crippen LogP contribution in [0.4, 0.5) is 11.8 Å². The summed E-state index contributed by atoms with van der Waals surface area (Å²) in [7, 11) is 0. The summed E-state index contributed by atoms with van der Waals surface area (Å²) in [6.07, 6.45) is 4.55. The van der Waals surface area contributed by atoms with E-state index in [1.165, 1.54) is 0 Å². The monoisotopic (exact) mass is 263 g/mol. The van der Waals surface area contributed by atoms with Gasteiger partial charge < -0.3 is 10.6 Å². The molecule has 0 aliphatic heterocycles. The summed E-state index contributed by atoms with van der Waals surface area (Å²) in [5.74, 6) is 1.47. The summed E-state index contributed by atoms with van der Waals surface area (Å²) in [6, 6.07) is 2.08. The summed E-state index contributed by atoms with van der Waals surface area (Å²) >= 11 is 1.66. The second-order valence-corrected chi connectivity index (χ2v) is 4.70. The number of hydrogen-bond donors (Lipinski definition) is 2. The molecule has 0 amide bonds. The maximum absolute atomic E-state index is 4.40. The Bertz CT molecular complexity index is 471. The van der Waals surface area contributed by atoms with E-state index in [9.17, 15) is 0 Å². The number of hydrogen-bond acceptors (Lipinski definition) is 6. The highest BCUT2D eigenvalue weighted by atomic mass is 32.1. The molecule has 0 bridgehead atoms. The van der Waals surface area contributed by atoms with Crippen molar-refractivity contribution in [3.63, 3.8) is 0 Å². The Kier molecular flexibility index (Phi) is 4.46. The van der Waals surface area contributed by atoms with Crippen LogP contribution in [-0.2, 0) is 0 Å². The van der Waals surface area contributed by atoms with E-state index in [0.717, 1.165) is 23.8 Å². The minimum atomic E-state index is 0.203. The third-order valence-electron chi connectivity index (χ3n) is 2.47. The summed E-state index contributed by atoms with van der Waals surface area (Å²) in [4.78, 5) is 12.9. The van der Waals surface area contributed by atoms with E-state index in [0.29, 0.717) is 5.95 Å². The first kappa shape index (κ1) is 12.8. The van der Waals surface area contributed by atoms with Gasteiger partial charge in [0.15, 0.2) is 0 Å². The van der Waals surface area contributed by atoms with Gasteiger partial charge in [-0.3, -0.25) is 0 Å². The van der Waals surface area contributed by atoms with Crippen LogP contribution in [0.5, 0.6) is 0 Å². The van der Waals surface area contributed by atoms with Crippen LogP contribution in [0.25, 0.3) is 0 Å². The lowest BCUT2D eigenvalue weighted by molar-refractivity contribution is 0.737. The molecular weight excluding hydrogens is 246 g/mol. The van der Waals surface area contributed by atoms with E-state index in [2.05, 4.69) is 32.5 Å².